The summed E-state index contributed by atoms with van der Waals surface area (Å²) in [6.45, 7) is 5.35. The Morgan fingerprint density at radius 2 is 2.35 bits per heavy atom. The van der Waals surface area contributed by atoms with E-state index < -0.39 is 0 Å². The van der Waals surface area contributed by atoms with Gasteiger partial charge >= 0.3 is 0 Å². The molecule has 0 aliphatic carbocycles. The van der Waals surface area contributed by atoms with Crippen molar-refractivity contribution >= 4 is 0 Å². The first-order valence-electron chi connectivity index (χ1n) is 7.30. The van der Waals surface area contributed by atoms with Crippen LogP contribution in [-0.4, -0.2) is 21.7 Å². The molecule has 106 valence electrons. The highest BCUT2D eigenvalue weighted by Crippen LogP contribution is 2.29. The van der Waals surface area contributed by atoms with Crippen molar-refractivity contribution in [1.29, 1.82) is 0 Å². The fourth-order valence-electron chi connectivity index (χ4n) is 2.78. The zero-order valence-electron chi connectivity index (χ0n) is 12.0. The number of nitrogens with zero attached hydrogens (tertiary/aromatic N) is 3. The average molecular weight is 272 g/mol. The third-order valence-electron chi connectivity index (χ3n) is 4.00. The van der Waals surface area contributed by atoms with Crippen LogP contribution in [0.25, 0.3) is 11.4 Å². The SMILES string of the molecule is CCc1cnccc1-c1noc(C2NCCCC2C)n1. The predicted molar refractivity (Wildman–Crippen MR) is 76.0 cm³/mol. The van der Waals surface area contributed by atoms with Gasteiger partial charge < -0.3 is 9.84 Å². The van der Waals surface area contributed by atoms with E-state index in [2.05, 4.69) is 34.3 Å². The summed E-state index contributed by atoms with van der Waals surface area (Å²) >= 11 is 0. The zero-order valence-corrected chi connectivity index (χ0v) is 12.0. The van der Waals surface area contributed by atoms with Crippen LogP contribution in [0.2, 0.25) is 0 Å². The summed E-state index contributed by atoms with van der Waals surface area (Å²) in [7, 11) is 0. The molecule has 1 saturated heterocycles. The molecule has 2 aromatic heterocycles. The molecule has 0 radical (unpaired) electrons. The smallest absolute Gasteiger partial charge is 0.244 e. The number of aryl methyl sites for hydroxylation is 1. The second-order valence-electron chi connectivity index (χ2n) is 5.39. The van der Waals surface area contributed by atoms with Crippen LogP contribution >= 0.6 is 0 Å². The maximum atomic E-state index is 5.48. The predicted octanol–water partition coefficient (Wildman–Crippen LogP) is 2.75. The van der Waals surface area contributed by atoms with E-state index in [0.29, 0.717) is 17.6 Å². The summed E-state index contributed by atoms with van der Waals surface area (Å²) in [6, 6.07) is 2.13. The first kappa shape index (κ1) is 13.2. The van der Waals surface area contributed by atoms with Crippen molar-refractivity contribution in [2.45, 2.75) is 39.2 Å². The van der Waals surface area contributed by atoms with Crippen molar-refractivity contribution in [1.82, 2.24) is 20.4 Å². The molecule has 5 heteroatoms. The second-order valence-corrected chi connectivity index (χ2v) is 5.39. The standard InChI is InChI=1S/C15H20N4O/c1-3-11-9-16-8-6-12(11)14-18-15(20-19-14)13-10(2)5-4-7-17-13/h6,8-10,13,17H,3-5,7H2,1-2H3. The molecule has 5 nitrogen and oxygen atoms in total. The number of aromatic nitrogens is 3. The van der Waals surface area contributed by atoms with E-state index >= 15 is 0 Å². The van der Waals surface area contributed by atoms with E-state index in [1.54, 1.807) is 6.20 Å². The van der Waals surface area contributed by atoms with Gasteiger partial charge in [0, 0.05) is 18.0 Å². The molecule has 0 bridgehead atoms. The van der Waals surface area contributed by atoms with Gasteiger partial charge in [-0.3, -0.25) is 4.98 Å². The second kappa shape index (κ2) is 5.71. The van der Waals surface area contributed by atoms with Gasteiger partial charge in [0.1, 0.15) is 0 Å². The van der Waals surface area contributed by atoms with Crippen LogP contribution in [0.5, 0.6) is 0 Å². The molecule has 1 fully saturated rings. The lowest BCUT2D eigenvalue weighted by Crippen LogP contribution is -2.33. The molecule has 0 aromatic carbocycles. The summed E-state index contributed by atoms with van der Waals surface area (Å²) < 4.78 is 5.48. The Hall–Kier alpha value is -1.75. The van der Waals surface area contributed by atoms with E-state index in [9.17, 15) is 0 Å². The Morgan fingerprint density at radius 3 is 3.15 bits per heavy atom. The highest BCUT2D eigenvalue weighted by Gasteiger charge is 2.27. The van der Waals surface area contributed by atoms with Crippen LogP contribution in [-0.2, 0) is 6.42 Å². The highest BCUT2D eigenvalue weighted by atomic mass is 16.5. The van der Waals surface area contributed by atoms with Crippen LogP contribution in [0.4, 0.5) is 0 Å². The normalized spacial score (nSPS) is 22.9. The van der Waals surface area contributed by atoms with Crippen molar-refractivity contribution in [3.63, 3.8) is 0 Å². The molecule has 3 rings (SSSR count). The van der Waals surface area contributed by atoms with Gasteiger partial charge in [0.15, 0.2) is 0 Å². The first-order valence-corrected chi connectivity index (χ1v) is 7.30. The van der Waals surface area contributed by atoms with Crippen molar-refractivity contribution in [3.05, 3.63) is 29.9 Å². The van der Waals surface area contributed by atoms with Gasteiger partial charge in [-0.05, 0) is 43.4 Å². The maximum absolute atomic E-state index is 5.48. The van der Waals surface area contributed by atoms with Crippen molar-refractivity contribution in [2.75, 3.05) is 6.54 Å². The monoisotopic (exact) mass is 272 g/mol. The minimum absolute atomic E-state index is 0.178. The van der Waals surface area contributed by atoms with Crippen molar-refractivity contribution in [2.24, 2.45) is 5.92 Å². The minimum Gasteiger partial charge on any atom is -0.337 e. The first-order chi connectivity index (χ1) is 9.79. The molecule has 0 saturated carbocycles. The van der Waals surface area contributed by atoms with Gasteiger partial charge in [-0.15, -0.1) is 0 Å². The zero-order chi connectivity index (χ0) is 13.9. The Labute approximate surface area is 118 Å². The van der Waals surface area contributed by atoms with E-state index in [0.717, 1.165) is 24.1 Å². The number of pyridine rings is 1. The minimum atomic E-state index is 0.178. The largest absolute Gasteiger partial charge is 0.337 e. The van der Waals surface area contributed by atoms with E-state index in [4.69, 9.17) is 4.52 Å². The Balaban J connectivity index is 1.90. The lowest BCUT2D eigenvalue weighted by atomic mass is 9.93. The van der Waals surface area contributed by atoms with Crippen molar-refractivity contribution < 1.29 is 4.52 Å². The third-order valence-corrected chi connectivity index (χ3v) is 4.00. The summed E-state index contributed by atoms with van der Waals surface area (Å²) in [5.41, 5.74) is 2.16. The summed E-state index contributed by atoms with van der Waals surface area (Å²) in [6.07, 6.45) is 6.96. The highest BCUT2D eigenvalue weighted by molar-refractivity contribution is 5.58. The summed E-state index contributed by atoms with van der Waals surface area (Å²) in [5, 5.41) is 7.62. The molecule has 2 atom stereocenters. The Bertz CT molecular complexity index is 581. The van der Waals surface area contributed by atoms with Crippen LogP contribution in [0.15, 0.2) is 23.0 Å². The van der Waals surface area contributed by atoms with Gasteiger partial charge in [-0.1, -0.05) is 19.0 Å². The quantitative estimate of drug-likeness (QED) is 0.930. The molecule has 1 aliphatic heterocycles. The molecule has 1 N–H and O–H groups in total. The van der Waals surface area contributed by atoms with Gasteiger partial charge in [-0.2, -0.15) is 4.98 Å². The van der Waals surface area contributed by atoms with Gasteiger partial charge in [0.05, 0.1) is 6.04 Å². The molecule has 2 aromatic rings. The van der Waals surface area contributed by atoms with Crippen LogP contribution in [0, 0.1) is 5.92 Å². The third kappa shape index (κ3) is 2.45. The summed E-state index contributed by atoms with van der Waals surface area (Å²) in [4.78, 5) is 8.75. The van der Waals surface area contributed by atoms with Gasteiger partial charge in [0.25, 0.3) is 0 Å². The van der Waals surface area contributed by atoms with E-state index in [1.807, 2.05) is 12.3 Å². The summed E-state index contributed by atoms with van der Waals surface area (Å²) in [5.74, 6) is 1.89. The van der Waals surface area contributed by atoms with E-state index in [-0.39, 0.29) is 6.04 Å². The van der Waals surface area contributed by atoms with Crippen LogP contribution in [0.1, 0.15) is 44.2 Å². The number of hydrogen-bond acceptors (Lipinski definition) is 5. The number of rotatable bonds is 3. The Kier molecular flexibility index (Phi) is 3.78. The number of nitrogens with one attached hydrogen (secondary N) is 1. The molecule has 3 heterocycles. The molecule has 1 aliphatic rings. The maximum Gasteiger partial charge on any atom is 0.244 e. The van der Waals surface area contributed by atoms with Crippen molar-refractivity contribution in [3.8, 4) is 11.4 Å². The fraction of sp³-hybridized carbons (Fsp3) is 0.533. The van der Waals surface area contributed by atoms with Gasteiger partial charge in [0.2, 0.25) is 11.7 Å². The molecular weight excluding hydrogens is 252 g/mol. The number of piperidine rings is 1. The van der Waals surface area contributed by atoms with Crippen LogP contribution in [0.3, 0.4) is 0 Å². The lowest BCUT2D eigenvalue weighted by Gasteiger charge is -2.26. The molecule has 0 amide bonds. The molecule has 2 unspecified atom stereocenters. The molecular formula is C15H20N4O. The topological polar surface area (TPSA) is 63.8 Å². The number of hydrogen-bond donors (Lipinski definition) is 1. The van der Waals surface area contributed by atoms with E-state index in [1.165, 1.54) is 12.8 Å². The lowest BCUT2D eigenvalue weighted by molar-refractivity contribution is 0.239. The fourth-order valence-corrected chi connectivity index (χ4v) is 2.78. The molecule has 0 spiro atoms. The Morgan fingerprint density at radius 1 is 1.45 bits per heavy atom. The average Bonchev–Trinajstić information content (AvgIpc) is 2.97. The molecule has 20 heavy (non-hydrogen) atoms. The van der Waals surface area contributed by atoms with Gasteiger partial charge in [-0.25, -0.2) is 0 Å². The van der Waals surface area contributed by atoms with Crippen LogP contribution < -0.4 is 5.32 Å².